The van der Waals surface area contributed by atoms with Crippen LogP contribution >= 0.6 is 0 Å². The minimum Gasteiger partial charge on any atom is -0.238 e. The molecule has 0 saturated carbocycles. The minimum absolute atomic E-state index is 0.202. The molecule has 11 heavy (non-hydrogen) atoms. The molecule has 1 saturated heterocycles. The first-order valence-corrected chi connectivity index (χ1v) is 5.55. The molecular formula is C7H12N2S2. The van der Waals surface area contributed by atoms with Gasteiger partial charge in [0.2, 0.25) is 0 Å². The van der Waals surface area contributed by atoms with Crippen molar-refractivity contribution < 1.29 is 0 Å². The fraction of sp³-hybridized carbons (Fsp3) is 0.714. The van der Waals surface area contributed by atoms with Crippen LogP contribution < -0.4 is 0 Å². The van der Waals surface area contributed by atoms with Crippen molar-refractivity contribution in [1.82, 2.24) is 8.61 Å². The molecule has 1 fully saturated rings. The van der Waals surface area contributed by atoms with Gasteiger partial charge in [0.25, 0.3) is 0 Å². The predicted molar refractivity (Wildman–Crippen MR) is 52.4 cm³/mol. The van der Waals surface area contributed by atoms with Gasteiger partial charge in [0.05, 0.1) is 6.04 Å². The summed E-state index contributed by atoms with van der Waals surface area (Å²) in [6.07, 6.45) is 6.38. The molecule has 0 spiro atoms. The molecule has 0 aliphatic carbocycles. The molecule has 1 heterocycles. The molecule has 1 aliphatic rings. The van der Waals surface area contributed by atoms with E-state index in [1.54, 1.807) is 0 Å². The molecule has 0 radical (unpaired) electrons. The number of nitrogens with zero attached hydrogens (tertiary/aromatic N) is 2. The summed E-state index contributed by atoms with van der Waals surface area (Å²) in [4.78, 5) is 0. The Kier molecular flexibility index (Phi) is 3.02. The van der Waals surface area contributed by atoms with E-state index < -0.39 is 0 Å². The minimum atomic E-state index is -0.202. The van der Waals surface area contributed by atoms with Gasteiger partial charge in [0.15, 0.2) is 0 Å². The van der Waals surface area contributed by atoms with Crippen molar-refractivity contribution in [2.24, 2.45) is 0 Å². The number of hydrogen-bond acceptors (Lipinski definition) is 1. The Balaban J connectivity index is 2.68. The number of terminal acetylenes is 1. The average Bonchev–Trinajstić information content (AvgIpc) is 2.01. The van der Waals surface area contributed by atoms with Gasteiger partial charge in [-0.3, -0.25) is 0 Å². The summed E-state index contributed by atoms with van der Waals surface area (Å²) in [6, 6.07) is 0.243. The first-order chi connectivity index (χ1) is 5.16. The van der Waals surface area contributed by atoms with Crippen molar-refractivity contribution in [1.29, 1.82) is 0 Å². The molecule has 0 aromatic carbocycles. The topological polar surface area (TPSA) is 6.48 Å². The molecule has 0 amide bonds. The van der Waals surface area contributed by atoms with Gasteiger partial charge in [-0.05, 0) is 24.7 Å². The molecule has 0 aromatic rings. The third kappa shape index (κ3) is 1.79. The van der Waals surface area contributed by atoms with Crippen molar-refractivity contribution in [3.8, 4) is 12.3 Å². The first-order valence-electron chi connectivity index (χ1n) is 3.49. The van der Waals surface area contributed by atoms with Gasteiger partial charge in [-0.25, -0.2) is 8.61 Å². The maximum atomic E-state index is 5.35. The number of hydrogen-bond donors (Lipinski definition) is 0. The first kappa shape index (κ1) is 9.14. The van der Waals surface area contributed by atoms with Crippen LogP contribution in [0.5, 0.6) is 0 Å². The smallest absolute Gasteiger partial charge is 0.0831 e. The zero-order chi connectivity index (χ0) is 8.43. The van der Waals surface area contributed by atoms with Gasteiger partial charge in [0, 0.05) is 23.4 Å². The normalized spacial score (nSPS) is 35.0. The molecular weight excluding hydrogens is 176 g/mol. The van der Waals surface area contributed by atoms with Crippen molar-refractivity contribution in [2.45, 2.75) is 12.5 Å². The van der Waals surface area contributed by atoms with Crippen LogP contribution in [0, 0.1) is 12.3 Å². The fourth-order valence-electron chi connectivity index (χ4n) is 1.08. The van der Waals surface area contributed by atoms with Gasteiger partial charge in [-0.1, -0.05) is 5.92 Å². The lowest BCUT2D eigenvalue weighted by Crippen LogP contribution is -2.46. The Morgan fingerprint density at radius 3 is 2.82 bits per heavy atom. The second kappa shape index (κ2) is 3.63. The van der Waals surface area contributed by atoms with E-state index in [2.05, 4.69) is 14.5 Å². The molecule has 1 rings (SSSR count). The molecule has 0 aromatic heterocycles. The Hall–Kier alpha value is 0.0500. The van der Waals surface area contributed by atoms with Gasteiger partial charge < -0.3 is 0 Å². The summed E-state index contributed by atoms with van der Waals surface area (Å²) in [5.41, 5.74) is 0. The maximum absolute atomic E-state index is 5.35. The Labute approximate surface area is 75.4 Å². The van der Waals surface area contributed by atoms with Crippen LogP contribution in [0.4, 0.5) is 0 Å². The van der Waals surface area contributed by atoms with Crippen LogP contribution in [0.15, 0.2) is 0 Å². The second-order valence-electron chi connectivity index (χ2n) is 2.60. The van der Waals surface area contributed by atoms with Crippen molar-refractivity contribution in [3.05, 3.63) is 0 Å². The molecule has 2 unspecified atom stereocenters. The van der Waals surface area contributed by atoms with Gasteiger partial charge in [-0.2, -0.15) is 0 Å². The highest BCUT2D eigenvalue weighted by molar-refractivity contribution is 8.26. The van der Waals surface area contributed by atoms with Crippen LogP contribution in [0.2, 0.25) is 0 Å². The molecule has 0 N–H and O–H groups in total. The largest absolute Gasteiger partial charge is 0.238 e. The molecule has 0 bridgehead atoms. The van der Waals surface area contributed by atoms with Crippen LogP contribution in [0.1, 0.15) is 6.42 Å². The van der Waals surface area contributed by atoms with E-state index in [-0.39, 0.29) is 15.9 Å². The highest BCUT2D eigenvalue weighted by Crippen LogP contribution is 2.14. The fourth-order valence-corrected chi connectivity index (χ4v) is 2.70. The summed E-state index contributed by atoms with van der Waals surface area (Å²) in [7, 11) is 3.84. The molecule has 2 atom stereocenters. The monoisotopic (exact) mass is 188 g/mol. The third-order valence-electron chi connectivity index (χ3n) is 1.86. The summed E-state index contributed by atoms with van der Waals surface area (Å²) in [6.45, 7) is 1.02. The van der Waals surface area contributed by atoms with Crippen LogP contribution in [0.25, 0.3) is 0 Å². The van der Waals surface area contributed by atoms with E-state index in [0.717, 1.165) is 13.0 Å². The predicted octanol–water partition coefficient (Wildman–Crippen LogP) is 0.166. The van der Waals surface area contributed by atoms with Crippen LogP contribution in [-0.4, -0.2) is 35.3 Å². The average molecular weight is 188 g/mol. The molecule has 2 nitrogen and oxygen atoms in total. The summed E-state index contributed by atoms with van der Waals surface area (Å²) >= 11 is 5.26. The Morgan fingerprint density at radius 2 is 2.27 bits per heavy atom. The molecule has 62 valence electrons. The highest BCUT2D eigenvalue weighted by Gasteiger charge is 2.23. The number of rotatable bonds is 0. The van der Waals surface area contributed by atoms with E-state index >= 15 is 0 Å². The Morgan fingerprint density at radius 1 is 1.64 bits per heavy atom. The van der Waals surface area contributed by atoms with Crippen LogP contribution in [0.3, 0.4) is 0 Å². The second-order valence-corrected chi connectivity index (χ2v) is 5.15. The van der Waals surface area contributed by atoms with E-state index in [9.17, 15) is 0 Å². The van der Waals surface area contributed by atoms with Crippen molar-refractivity contribution in [2.75, 3.05) is 20.6 Å². The van der Waals surface area contributed by atoms with Crippen molar-refractivity contribution in [3.63, 3.8) is 0 Å². The van der Waals surface area contributed by atoms with E-state index in [4.69, 9.17) is 17.6 Å². The van der Waals surface area contributed by atoms with Gasteiger partial charge in [0.1, 0.15) is 0 Å². The standard InChI is InChI=1S/C7H12N2S2/c1-4-7-5-6-8(2)11(10)9(7)3/h1,7H,5-6H2,2-3H3. The van der Waals surface area contributed by atoms with E-state index in [1.807, 2.05) is 14.1 Å². The zero-order valence-corrected chi connectivity index (χ0v) is 8.41. The maximum Gasteiger partial charge on any atom is 0.0831 e. The SMILES string of the molecule is C#CC1CCN(C)S(=S)N1C. The summed E-state index contributed by atoms with van der Waals surface area (Å²) < 4.78 is 4.24. The quantitative estimate of drug-likeness (QED) is 0.500. The summed E-state index contributed by atoms with van der Waals surface area (Å²) in [5.74, 6) is 2.74. The third-order valence-corrected chi connectivity index (χ3v) is 4.79. The lowest BCUT2D eigenvalue weighted by Gasteiger charge is -2.35. The zero-order valence-electron chi connectivity index (χ0n) is 6.78. The van der Waals surface area contributed by atoms with Crippen molar-refractivity contribution >= 4 is 21.0 Å². The van der Waals surface area contributed by atoms with Gasteiger partial charge >= 0.3 is 0 Å². The van der Waals surface area contributed by atoms with E-state index in [0.29, 0.717) is 0 Å². The lowest BCUT2D eigenvalue weighted by atomic mass is 10.2. The van der Waals surface area contributed by atoms with Crippen LogP contribution in [-0.2, 0) is 21.0 Å². The summed E-state index contributed by atoms with van der Waals surface area (Å²) in [5, 5.41) is 0. The molecule has 1 aliphatic heterocycles. The Bertz CT molecular complexity index is 209. The highest BCUT2D eigenvalue weighted by atomic mass is 32.8. The molecule has 4 heteroatoms. The van der Waals surface area contributed by atoms with E-state index in [1.165, 1.54) is 0 Å². The lowest BCUT2D eigenvalue weighted by molar-refractivity contribution is 0.358. The van der Waals surface area contributed by atoms with Gasteiger partial charge in [-0.15, -0.1) is 6.42 Å².